The summed E-state index contributed by atoms with van der Waals surface area (Å²) in [6.45, 7) is 4.38. The molecule has 0 radical (unpaired) electrons. The molecule has 1 atom stereocenters. The first-order chi connectivity index (χ1) is 9.69. The monoisotopic (exact) mass is 321 g/mol. The molecule has 1 fully saturated rings. The average Bonchev–Trinajstić information content (AvgIpc) is 2.46. The van der Waals surface area contributed by atoms with Gasteiger partial charge in [0.15, 0.2) is 0 Å². The topological polar surface area (TPSA) is 84.7 Å². The molecule has 1 rings (SSSR count). The van der Waals surface area contributed by atoms with Crippen LogP contribution in [0.25, 0.3) is 0 Å². The second-order valence-corrected chi connectivity index (χ2v) is 5.13. The van der Waals surface area contributed by atoms with Crippen LogP contribution in [0.1, 0.15) is 39.0 Å². The summed E-state index contributed by atoms with van der Waals surface area (Å²) < 4.78 is 5.32. The molecule has 0 spiro atoms. The maximum atomic E-state index is 12.1. The van der Waals surface area contributed by atoms with E-state index in [0.29, 0.717) is 26.1 Å². The van der Waals surface area contributed by atoms with Crippen molar-refractivity contribution in [2.45, 2.75) is 45.1 Å². The fourth-order valence-corrected chi connectivity index (χ4v) is 2.38. The zero-order chi connectivity index (χ0) is 14.8. The minimum absolute atomic E-state index is 0. The SMILES string of the molecule is CCCOCC(=O)N1CCCCC1CNC(=O)CCN.Cl. The van der Waals surface area contributed by atoms with Crippen LogP contribution in [0, 0.1) is 0 Å². The molecule has 1 saturated heterocycles. The van der Waals surface area contributed by atoms with Crippen molar-refractivity contribution in [3.05, 3.63) is 0 Å². The Labute approximate surface area is 133 Å². The number of hydrogen-bond donors (Lipinski definition) is 2. The van der Waals surface area contributed by atoms with Crippen LogP contribution < -0.4 is 11.1 Å². The number of nitrogens with one attached hydrogen (secondary N) is 1. The normalized spacial score (nSPS) is 18.0. The predicted molar refractivity (Wildman–Crippen MR) is 84.4 cm³/mol. The molecule has 1 aliphatic heterocycles. The number of ether oxygens (including phenoxy) is 1. The second-order valence-electron chi connectivity index (χ2n) is 5.13. The third-order valence-corrected chi connectivity index (χ3v) is 3.43. The fraction of sp³-hybridized carbons (Fsp3) is 0.857. The lowest BCUT2D eigenvalue weighted by Gasteiger charge is -2.35. The Morgan fingerprint density at radius 1 is 1.38 bits per heavy atom. The first kappa shape index (κ1) is 20.1. The number of amides is 2. The van der Waals surface area contributed by atoms with Crippen molar-refractivity contribution in [3.63, 3.8) is 0 Å². The summed E-state index contributed by atoms with van der Waals surface area (Å²) in [4.78, 5) is 25.4. The molecule has 1 unspecified atom stereocenters. The van der Waals surface area contributed by atoms with Gasteiger partial charge in [-0.05, 0) is 25.7 Å². The predicted octanol–water partition coefficient (Wildman–Crippen LogP) is 0.681. The van der Waals surface area contributed by atoms with E-state index in [1.54, 1.807) is 0 Å². The van der Waals surface area contributed by atoms with Gasteiger partial charge in [0.2, 0.25) is 11.8 Å². The van der Waals surface area contributed by atoms with Crippen LogP contribution in [0.4, 0.5) is 0 Å². The lowest BCUT2D eigenvalue weighted by Crippen LogP contribution is -2.50. The summed E-state index contributed by atoms with van der Waals surface area (Å²) in [7, 11) is 0. The molecule has 6 nitrogen and oxygen atoms in total. The van der Waals surface area contributed by atoms with E-state index < -0.39 is 0 Å². The summed E-state index contributed by atoms with van der Waals surface area (Å²) in [5.41, 5.74) is 5.34. The number of rotatable bonds is 8. The smallest absolute Gasteiger partial charge is 0.248 e. The third-order valence-electron chi connectivity index (χ3n) is 3.43. The molecule has 21 heavy (non-hydrogen) atoms. The Bertz CT molecular complexity index is 316. The highest BCUT2D eigenvalue weighted by atomic mass is 35.5. The summed E-state index contributed by atoms with van der Waals surface area (Å²) in [5, 5.41) is 2.85. The van der Waals surface area contributed by atoms with Gasteiger partial charge in [-0.2, -0.15) is 0 Å². The molecule has 0 aromatic carbocycles. The van der Waals surface area contributed by atoms with Crippen LogP contribution in [-0.4, -0.2) is 55.6 Å². The highest BCUT2D eigenvalue weighted by Crippen LogP contribution is 2.16. The zero-order valence-electron chi connectivity index (χ0n) is 12.8. The first-order valence-corrected chi connectivity index (χ1v) is 7.53. The number of carbonyl (C=O) groups excluding carboxylic acids is 2. The van der Waals surface area contributed by atoms with Gasteiger partial charge in [0.25, 0.3) is 0 Å². The van der Waals surface area contributed by atoms with E-state index in [-0.39, 0.29) is 36.9 Å². The minimum atomic E-state index is -0.0484. The van der Waals surface area contributed by atoms with Crippen molar-refractivity contribution in [2.24, 2.45) is 5.73 Å². The van der Waals surface area contributed by atoms with E-state index in [1.807, 2.05) is 11.8 Å². The molecule has 1 aliphatic rings. The van der Waals surface area contributed by atoms with Gasteiger partial charge < -0.3 is 20.7 Å². The van der Waals surface area contributed by atoms with Crippen molar-refractivity contribution in [2.75, 3.05) is 32.8 Å². The number of piperidine rings is 1. The molecule has 0 aromatic rings. The molecule has 0 saturated carbocycles. The molecule has 0 aliphatic carbocycles. The Balaban J connectivity index is 0.00000400. The van der Waals surface area contributed by atoms with E-state index >= 15 is 0 Å². The molecule has 0 bridgehead atoms. The van der Waals surface area contributed by atoms with Gasteiger partial charge in [0.1, 0.15) is 6.61 Å². The van der Waals surface area contributed by atoms with E-state index in [9.17, 15) is 9.59 Å². The number of likely N-dealkylation sites (tertiary alicyclic amines) is 1. The Morgan fingerprint density at radius 2 is 2.14 bits per heavy atom. The van der Waals surface area contributed by atoms with Crippen molar-refractivity contribution in [1.82, 2.24) is 10.2 Å². The van der Waals surface area contributed by atoms with Crippen LogP contribution in [0.15, 0.2) is 0 Å². The average molecular weight is 322 g/mol. The van der Waals surface area contributed by atoms with Crippen LogP contribution >= 0.6 is 12.4 Å². The van der Waals surface area contributed by atoms with E-state index in [4.69, 9.17) is 10.5 Å². The Hall–Kier alpha value is -0.850. The Morgan fingerprint density at radius 3 is 2.81 bits per heavy atom. The van der Waals surface area contributed by atoms with Gasteiger partial charge >= 0.3 is 0 Å². The van der Waals surface area contributed by atoms with Gasteiger partial charge in [-0.1, -0.05) is 6.92 Å². The Kier molecular flexibility index (Phi) is 11.3. The van der Waals surface area contributed by atoms with Crippen LogP contribution in [0.3, 0.4) is 0 Å². The number of nitrogens with zero attached hydrogens (tertiary/aromatic N) is 1. The first-order valence-electron chi connectivity index (χ1n) is 7.53. The molecule has 2 amide bonds. The molecular weight excluding hydrogens is 294 g/mol. The van der Waals surface area contributed by atoms with Gasteiger partial charge in [-0.3, -0.25) is 9.59 Å². The second kappa shape index (κ2) is 11.8. The quantitative estimate of drug-likeness (QED) is 0.644. The van der Waals surface area contributed by atoms with Crippen molar-refractivity contribution in [1.29, 1.82) is 0 Å². The third kappa shape index (κ3) is 7.64. The molecule has 124 valence electrons. The zero-order valence-corrected chi connectivity index (χ0v) is 13.6. The maximum Gasteiger partial charge on any atom is 0.248 e. The minimum Gasteiger partial charge on any atom is -0.372 e. The van der Waals surface area contributed by atoms with E-state index in [0.717, 1.165) is 32.2 Å². The summed E-state index contributed by atoms with van der Waals surface area (Å²) >= 11 is 0. The standard InChI is InChI=1S/C14H27N3O3.ClH/c1-2-9-20-11-14(19)17-8-4-3-5-12(17)10-16-13(18)6-7-15;/h12H,2-11,15H2,1H3,(H,16,18);1H. The lowest BCUT2D eigenvalue weighted by molar-refractivity contribution is -0.140. The molecule has 3 N–H and O–H groups in total. The van der Waals surface area contributed by atoms with Crippen LogP contribution in [0.2, 0.25) is 0 Å². The maximum absolute atomic E-state index is 12.1. The van der Waals surface area contributed by atoms with Gasteiger partial charge in [0, 0.05) is 38.7 Å². The molecule has 7 heteroatoms. The largest absolute Gasteiger partial charge is 0.372 e. The van der Waals surface area contributed by atoms with Crippen LogP contribution in [-0.2, 0) is 14.3 Å². The molecule has 1 heterocycles. The van der Waals surface area contributed by atoms with Crippen LogP contribution in [0.5, 0.6) is 0 Å². The van der Waals surface area contributed by atoms with E-state index in [2.05, 4.69) is 5.32 Å². The molecular formula is C14H28ClN3O3. The van der Waals surface area contributed by atoms with E-state index in [1.165, 1.54) is 0 Å². The number of carbonyl (C=O) groups is 2. The van der Waals surface area contributed by atoms with Gasteiger partial charge in [-0.15, -0.1) is 12.4 Å². The molecule has 0 aromatic heterocycles. The van der Waals surface area contributed by atoms with Crippen molar-refractivity contribution >= 4 is 24.2 Å². The number of hydrogen-bond acceptors (Lipinski definition) is 4. The van der Waals surface area contributed by atoms with Gasteiger partial charge in [0.05, 0.1) is 0 Å². The fourth-order valence-electron chi connectivity index (χ4n) is 2.38. The van der Waals surface area contributed by atoms with Crippen molar-refractivity contribution in [3.8, 4) is 0 Å². The summed E-state index contributed by atoms with van der Waals surface area (Å²) in [6, 6.07) is 0.0863. The summed E-state index contributed by atoms with van der Waals surface area (Å²) in [5.74, 6) is -0.0241. The van der Waals surface area contributed by atoms with Crippen molar-refractivity contribution < 1.29 is 14.3 Å². The van der Waals surface area contributed by atoms with Gasteiger partial charge in [-0.25, -0.2) is 0 Å². The number of halogens is 1. The highest BCUT2D eigenvalue weighted by Gasteiger charge is 2.26. The highest BCUT2D eigenvalue weighted by molar-refractivity contribution is 5.85. The number of nitrogens with two attached hydrogens (primary N) is 1. The lowest BCUT2D eigenvalue weighted by atomic mass is 10.0. The summed E-state index contributed by atoms with van der Waals surface area (Å²) in [6.07, 6.45) is 4.29.